The molecule has 2 atom stereocenters. The van der Waals surface area contributed by atoms with E-state index in [1.807, 2.05) is 0 Å². The monoisotopic (exact) mass is 704 g/mol. The van der Waals surface area contributed by atoms with Gasteiger partial charge >= 0.3 is 5.97 Å². The van der Waals surface area contributed by atoms with E-state index in [1.165, 1.54) is 180 Å². The maximum absolute atomic E-state index is 12.8. The molecule has 2 unspecified atom stereocenters. The normalized spacial score (nSPS) is 14.6. The summed E-state index contributed by atoms with van der Waals surface area (Å²) in [5.41, 5.74) is 0. The molecule has 1 aliphatic heterocycles. The van der Waals surface area contributed by atoms with Crippen molar-refractivity contribution in [2.75, 3.05) is 32.8 Å². The summed E-state index contributed by atoms with van der Waals surface area (Å²) in [5, 5.41) is 9.24. The van der Waals surface area contributed by atoms with E-state index in [-0.39, 0.29) is 5.97 Å². The fraction of sp³-hybridized carbons (Fsp3) is 0.956. The molecule has 0 radical (unpaired) electrons. The molecule has 0 aromatic heterocycles. The molecule has 1 heterocycles. The number of amidine groups is 1. The van der Waals surface area contributed by atoms with Gasteiger partial charge in [0, 0.05) is 25.4 Å². The molecule has 296 valence electrons. The summed E-state index contributed by atoms with van der Waals surface area (Å²) in [6, 6.07) is 0.473. The minimum atomic E-state index is 0.0203. The van der Waals surface area contributed by atoms with Crippen LogP contribution in [0.25, 0.3) is 0 Å². The SMILES string of the molecule is CCCCCCCCC(=N)N(CCCN1CCCC1)C(CCCCCC)CCCCCC(=O)OCC(CCCCCC)CCCCCCCC. The Labute approximate surface area is 313 Å². The van der Waals surface area contributed by atoms with Gasteiger partial charge in [-0.15, -0.1) is 0 Å². The van der Waals surface area contributed by atoms with Crippen LogP contribution in [0.1, 0.15) is 233 Å². The van der Waals surface area contributed by atoms with Crippen LogP contribution in [0, 0.1) is 11.3 Å². The molecule has 0 bridgehead atoms. The Kier molecular flexibility index (Phi) is 32.8. The summed E-state index contributed by atoms with van der Waals surface area (Å²) >= 11 is 0. The van der Waals surface area contributed by atoms with E-state index >= 15 is 0 Å². The predicted octanol–water partition coefficient (Wildman–Crippen LogP) is 13.7. The van der Waals surface area contributed by atoms with Crippen LogP contribution in [0.4, 0.5) is 0 Å². The Hall–Kier alpha value is -1.10. The van der Waals surface area contributed by atoms with Crippen molar-refractivity contribution >= 4 is 11.8 Å². The van der Waals surface area contributed by atoms with Crippen LogP contribution in [0.3, 0.4) is 0 Å². The first kappa shape index (κ1) is 46.9. The highest BCUT2D eigenvalue weighted by atomic mass is 16.5. The zero-order chi connectivity index (χ0) is 36.3. The van der Waals surface area contributed by atoms with E-state index in [9.17, 15) is 10.2 Å². The van der Waals surface area contributed by atoms with Crippen molar-refractivity contribution in [3.8, 4) is 0 Å². The van der Waals surface area contributed by atoms with Crippen molar-refractivity contribution in [1.29, 1.82) is 5.41 Å². The average Bonchev–Trinajstić information content (AvgIpc) is 3.64. The highest BCUT2D eigenvalue weighted by Crippen LogP contribution is 2.23. The van der Waals surface area contributed by atoms with Crippen molar-refractivity contribution in [3.63, 3.8) is 0 Å². The molecule has 0 amide bonds. The van der Waals surface area contributed by atoms with Crippen molar-refractivity contribution in [1.82, 2.24) is 9.80 Å². The molecule has 5 heteroatoms. The van der Waals surface area contributed by atoms with Gasteiger partial charge in [-0.25, -0.2) is 0 Å². The quantitative estimate of drug-likeness (QED) is 0.0303. The van der Waals surface area contributed by atoms with E-state index < -0.39 is 0 Å². The lowest BCUT2D eigenvalue weighted by Gasteiger charge is -2.35. The molecule has 1 N–H and O–H groups in total. The zero-order valence-electron chi connectivity index (χ0n) is 34.5. The van der Waals surface area contributed by atoms with E-state index in [0.29, 0.717) is 25.0 Å². The molecule has 0 aromatic rings. The van der Waals surface area contributed by atoms with E-state index in [2.05, 4.69) is 37.5 Å². The van der Waals surface area contributed by atoms with Gasteiger partial charge in [0.1, 0.15) is 0 Å². The third-order valence-electron chi connectivity index (χ3n) is 11.3. The third kappa shape index (κ3) is 26.6. The third-order valence-corrected chi connectivity index (χ3v) is 11.3. The minimum absolute atomic E-state index is 0.0203. The standard InChI is InChI=1S/C45H89N3O2/c1-5-9-13-17-19-23-32-42(31-22-15-11-7-3)41-50-45(49)36-27-21-25-34-43(33-24-16-12-8-4)48(40-30-39-47-37-28-29-38-47)44(46)35-26-20-18-14-10-6-2/h42-43,46H,5-41H2,1-4H3. The second-order valence-electron chi connectivity index (χ2n) is 16.1. The number of esters is 1. The van der Waals surface area contributed by atoms with Crippen molar-refractivity contribution < 1.29 is 9.53 Å². The van der Waals surface area contributed by atoms with Gasteiger partial charge in [0.2, 0.25) is 0 Å². The molecular formula is C45H89N3O2. The fourth-order valence-corrected chi connectivity index (χ4v) is 7.98. The van der Waals surface area contributed by atoms with Gasteiger partial charge in [-0.3, -0.25) is 10.2 Å². The Morgan fingerprint density at radius 2 is 1.02 bits per heavy atom. The second-order valence-corrected chi connectivity index (χ2v) is 16.1. The number of nitrogens with one attached hydrogen (secondary N) is 1. The molecule has 50 heavy (non-hydrogen) atoms. The number of unbranched alkanes of at least 4 members (excludes halogenated alkanes) is 18. The van der Waals surface area contributed by atoms with Crippen molar-refractivity contribution in [2.45, 2.75) is 239 Å². The number of hydrogen-bond acceptors (Lipinski definition) is 4. The van der Waals surface area contributed by atoms with Crippen LogP contribution in [-0.2, 0) is 9.53 Å². The van der Waals surface area contributed by atoms with Gasteiger partial charge < -0.3 is 14.5 Å². The lowest BCUT2D eigenvalue weighted by atomic mass is 9.95. The first-order valence-corrected chi connectivity index (χ1v) is 22.8. The van der Waals surface area contributed by atoms with Gasteiger partial charge in [-0.2, -0.15) is 0 Å². The second kappa shape index (κ2) is 35.0. The molecule has 0 spiro atoms. The summed E-state index contributed by atoms with van der Waals surface area (Å²) in [6.45, 7) is 14.5. The highest BCUT2D eigenvalue weighted by molar-refractivity contribution is 5.79. The molecule has 0 aliphatic carbocycles. The topological polar surface area (TPSA) is 56.6 Å². The van der Waals surface area contributed by atoms with Crippen molar-refractivity contribution in [3.05, 3.63) is 0 Å². The molecule has 0 aromatic carbocycles. The molecule has 5 nitrogen and oxygen atoms in total. The van der Waals surface area contributed by atoms with Crippen LogP contribution < -0.4 is 0 Å². The van der Waals surface area contributed by atoms with Gasteiger partial charge in [0.05, 0.1) is 12.4 Å². The largest absolute Gasteiger partial charge is 0.465 e. The first-order chi connectivity index (χ1) is 24.5. The number of nitrogens with zero attached hydrogens (tertiary/aromatic N) is 2. The summed E-state index contributed by atoms with van der Waals surface area (Å²) in [7, 11) is 0. The Morgan fingerprint density at radius 1 is 0.580 bits per heavy atom. The number of ether oxygens (including phenoxy) is 1. The molecule has 1 aliphatic rings. The summed E-state index contributed by atoms with van der Waals surface area (Å²) in [5.74, 6) is 1.46. The van der Waals surface area contributed by atoms with Crippen LogP contribution >= 0.6 is 0 Å². The molecule has 1 saturated heterocycles. The lowest BCUT2D eigenvalue weighted by Crippen LogP contribution is -2.41. The summed E-state index contributed by atoms with van der Waals surface area (Å²) in [4.78, 5) is 18.0. The maximum atomic E-state index is 12.8. The molecule has 1 rings (SSSR count). The lowest BCUT2D eigenvalue weighted by molar-refractivity contribution is -0.145. The van der Waals surface area contributed by atoms with Gasteiger partial charge in [-0.05, 0) is 83.3 Å². The summed E-state index contributed by atoms with van der Waals surface area (Å²) in [6.07, 6.45) is 39.4. The van der Waals surface area contributed by atoms with E-state index in [4.69, 9.17) is 4.74 Å². The number of rotatable bonds is 37. The number of hydrogen-bond donors (Lipinski definition) is 1. The summed E-state index contributed by atoms with van der Waals surface area (Å²) < 4.78 is 5.91. The number of likely N-dealkylation sites (tertiary alicyclic amines) is 1. The number of carbonyl (C=O) groups is 1. The Bertz CT molecular complexity index is 753. The van der Waals surface area contributed by atoms with Gasteiger partial charge in [0.25, 0.3) is 0 Å². The average molecular weight is 704 g/mol. The first-order valence-electron chi connectivity index (χ1n) is 22.8. The molecule has 0 saturated carbocycles. The Balaban J connectivity index is 2.60. The fourth-order valence-electron chi connectivity index (χ4n) is 7.98. The van der Waals surface area contributed by atoms with E-state index in [0.717, 1.165) is 50.9 Å². The predicted molar refractivity (Wildman–Crippen MR) is 220 cm³/mol. The van der Waals surface area contributed by atoms with E-state index in [1.54, 1.807) is 0 Å². The Morgan fingerprint density at radius 3 is 1.58 bits per heavy atom. The van der Waals surface area contributed by atoms with Crippen LogP contribution in [0.2, 0.25) is 0 Å². The maximum Gasteiger partial charge on any atom is 0.305 e. The van der Waals surface area contributed by atoms with Gasteiger partial charge in [-0.1, -0.05) is 163 Å². The zero-order valence-corrected chi connectivity index (χ0v) is 34.5. The highest BCUT2D eigenvalue weighted by Gasteiger charge is 2.22. The smallest absolute Gasteiger partial charge is 0.305 e. The minimum Gasteiger partial charge on any atom is -0.465 e. The van der Waals surface area contributed by atoms with Crippen molar-refractivity contribution in [2.24, 2.45) is 5.92 Å². The van der Waals surface area contributed by atoms with Gasteiger partial charge in [0.15, 0.2) is 0 Å². The molecular weight excluding hydrogens is 615 g/mol. The molecule has 1 fully saturated rings. The van der Waals surface area contributed by atoms with Crippen LogP contribution in [0.15, 0.2) is 0 Å². The van der Waals surface area contributed by atoms with Crippen LogP contribution in [-0.4, -0.2) is 60.4 Å². The van der Waals surface area contributed by atoms with Crippen LogP contribution in [0.5, 0.6) is 0 Å². The number of carbonyl (C=O) groups excluding carboxylic acids is 1.